The molecular formula is C27H40N8O5. The van der Waals surface area contributed by atoms with Gasteiger partial charge in [-0.15, -0.1) is 5.10 Å². The number of anilines is 1. The minimum absolute atomic E-state index is 0.0355. The number of tetrazole rings is 1. The van der Waals surface area contributed by atoms with Gasteiger partial charge in [0, 0.05) is 36.8 Å². The number of nitrogens with zero attached hydrogens (tertiary/aromatic N) is 6. The number of hydrogen-bond donors (Lipinski definition) is 3. The van der Waals surface area contributed by atoms with E-state index in [2.05, 4.69) is 26.2 Å². The van der Waals surface area contributed by atoms with Crippen LogP contribution in [0.1, 0.15) is 51.5 Å². The van der Waals surface area contributed by atoms with Gasteiger partial charge in [-0.2, -0.15) is 0 Å². The second-order valence-corrected chi connectivity index (χ2v) is 10.9. The Hall–Kier alpha value is -3.74. The molecule has 4 rings (SSSR count). The Kier molecular flexibility index (Phi) is 9.91. The molecular weight excluding hydrogens is 516 g/mol. The van der Waals surface area contributed by atoms with Gasteiger partial charge in [-0.05, 0) is 48.4 Å². The van der Waals surface area contributed by atoms with E-state index in [0.29, 0.717) is 30.1 Å². The highest BCUT2D eigenvalue weighted by Crippen LogP contribution is 2.29. The van der Waals surface area contributed by atoms with Crippen molar-refractivity contribution in [3.8, 4) is 5.75 Å². The Bertz CT molecular complexity index is 1150. The van der Waals surface area contributed by atoms with Crippen molar-refractivity contribution in [1.29, 1.82) is 0 Å². The number of aromatic nitrogens is 4. The molecule has 0 radical (unpaired) electrons. The molecule has 1 aliphatic carbocycles. The summed E-state index contributed by atoms with van der Waals surface area (Å²) < 4.78 is 7.80. The van der Waals surface area contributed by atoms with Crippen molar-refractivity contribution in [3.63, 3.8) is 0 Å². The van der Waals surface area contributed by atoms with Gasteiger partial charge in [0.05, 0.1) is 25.6 Å². The number of fused-ring (bicyclic) bond motifs is 1. The molecule has 13 heteroatoms. The Morgan fingerprint density at radius 2 is 2.02 bits per heavy atom. The third-order valence-corrected chi connectivity index (χ3v) is 7.63. The summed E-state index contributed by atoms with van der Waals surface area (Å²) in [7, 11) is 1.75. The van der Waals surface area contributed by atoms with E-state index in [0.717, 1.165) is 25.7 Å². The largest absolute Gasteiger partial charge is 0.488 e. The highest BCUT2D eigenvalue weighted by molar-refractivity contribution is 5.91. The summed E-state index contributed by atoms with van der Waals surface area (Å²) in [5.74, 6) is -0.0950. The number of carbonyl (C=O) groups excluding carboxylic acids is 3. The molecule has 2 heterocycles. The minimum Gasteiger partial charge on any atom is -0.488 e. The topological polar surface area (TPSA) is 155 Å². The summed E-state index contributed by atoms with van der Waals surface area (Å²) in [6, 6.07) is 4.84. The molecule has 0 spiro atoms. The van der Waals surface area contributed by atoms with Gasteiger partial charge in [0.2, 0.25) is 11.8 Å². The number of ether oxygens (including phenoxy) is 1. The zero-order chi connectivity index (χ0) is 28.6. The summed E-state index contributed by atoms with van der Waals surface area (Å²) in [5, 5.41) is 26.6. The lowest BCUT2D eigenvalue weighted by Crippen LogP contribution is -2.50. The smallest absolute Gasteiger partial charge is 0.317 e. The zero-order valence-electron chi connectivity index (χ0n) is 23.5. The van der Waals surface area contributed by atoms with Crippen LogP contribution in [-0.2, 0) is 22.6 Å². The molecule has 0 bridgehead atoms. The maximum Gasteiger partial charge on any atom is 0.317 e. The van der Waals surface area contributed by atoms with Crippen LogP contribution in [0.5, 0.6) is 5.75 Å². The van der Waals surface area contributed by atoms with Crippen molar-refractivity contribution in [1.82, 2.24) is 35.3 Å². The van der Waals surface area contributed by atoms with E-state index in [-0.39, 0.29) is 55.4 Å². The molecule has 4 amide bonds. The molecule has 2 aliphatic rings. The molecule has 13 nitrogen and oxygen atoms in total. The Labute approximate surface area is 234 Å². The van der Waals surface area contributed by atoms with E-state index in [4.69, 9.17) is 4.74 Å². The van der Waals surface area contributed by atoms with Crippen LogP contribution in [0.2, 0.25) is 0 Å². The summed E-state index contributed by atoms with van der Waals surface area (Å²) in [6.45, 7) is 4.25. The van der Waals surface area contributed by atoms with Crippen molar-refractivity contribution in [3.05, 3.63) is 30.1 Å². The van der Waals surface area contributed by atoms with Gasteiger partial charge in [0.1, 0.15) is 24.7 Å². The molecule has 3 atom stereocenters. The molecule has 1 fully saturated rings. The van der Waals surface area contributed by atoms with Gasteiger partial charge < -0.3 is 30.3 Å². The minimum atomic E-state index is -0.416. The van der Waals surface area contributed by atoms with Crippen LogP contribution < -0.4 is 15.4 Å². The second kappa shape index (κ2) is 13.6. The van der Waals surface area contributed by atoms with Crippen LogP contribution in [-0.4, -0.2) is 97.9 Å². The molecule has 0 saturated heterocycles. The number of urea groups is 1. The molecule has 218 valence electrons. The van der Waals surface area contributed by atoms with Gasteiger partial charge in [-0.25, -0.2) is 9.48 Å². The number of nitrogens with one attached hydrogen (secondary N) is 2. The number of rotatable bonds is 8. The Morgan fingerprint density at radius 1 is 1.25 bits per heavy atom. The number of amides is 4. The van der Waals surface area contributed by atoms with E-state index in [9.17, 15) is 19.5 Å². The van der Waals surface area contributed by atoms with E-state index in [1.165, 1.54) is 17.4 Å². The van der Waals surface area contributed by atoms with Crippen LogP contribution in [0, 0.1) is 5.92 Å². The third kappa shape index (κ3) is 7.68. The van der Waals surface area contributed by atoms with Gasteiger partial charge in [0.15, 0.2) is 0 Å². The fraction of sp³-hybridized carbons (Fsp3) is 0.630. The number of aliphatic hydroxyl groups excluding tert-OH is 1. The van der Waals surface area contributed by atoms with Gasteiger partial charge in [0.25, 0.3) is 0 Å². The van der Waals surface area contributed by atoms with Crippen LogP contribution in [0.4, 0.5) is 10.5 Å². The lowest BCUT2D eigenvalue weighted by molar-refractivity contribution is -0.134. The maximum absolute atomic E-state index is 13.4. The van der Waals surface area contributed by atoms with Crippen LogP contribution in [0.15, 0.2) is 24.5 Å². The molecule has 1 aliphatic heterocycles. The van der Waals surface area contributed by atoms with Gasteiger partial charge in [-0.1, -0.05) is 26.2 Å². The summed E-state index contributed by atoms with van der Waals surface area (Å²) >= 11 is 0. The van der Waals surface area contributed by atoms with E-state index in [1.807, 2.05) is 6.92 Å². The normalized spacial score (nSPS) is 20.8. The van der Waals surface area contributed by atoms with E-state index < -0.39 is 6.10 Å². The van der Waals surface area contributed by atoms with E-state index in [1.54, 1.807) is 42.0 Å². The van der Waals surface area contributed by atoms with Crippen molar-refractivity contribution < 1.29 is 24.2 Å². The molecule has 3 N–H and O–H groups in total. The second-order valence-electron chi connectivity index (χ2n) is 10.9. The maximum atomic E-state index is 13.4. The predicted octanol–water partition coefficient (Wildman–Crippen LogP) is 1.43. The lowest BCUT2D eigenvalue weighted by atomic mass is 9.96. The van der Waals surface area contributed by atoms with Crippen LogP contribution in [0.25, 0.3) is 0 Å². The first-order valence-corrected chi connectivity index (χ1v) is 14.0. The number of hydrogen-bond acceptors (Lipinski definition) is 8. The molecule has 1 aromatic carbocycles. The van der Waals surface area contributed by atoms with Crippen molar-refractivity contribution in [2.45, 2.75) is 77.1 Å². The van der Waals surface area contributed by atoms with Crippen LogP contribution in [0.3, 0.4) is 0 Å². The van der Waals surface area contributed by atoms with Crippen molar-refractivity contribution in [2.24, 2.45) is 5.92 Å². The molecule has 1 saturated carbocycles. The first-order chi connectivity index (χ1) is 19.2. The summed E-state index contributed by atoms with van der Waals surface area (Å²) in [4.78, 5) is 42.2. The average Bonchev–Trinajstić information content (AvgIpc) is 3.45. The van der Waals surface area contributed by atoms with Crippen molar-refractivity contribution >= 4 is 23.5 Å². The molecule has 0 unspecified atom stereocenters. The fourth-order valence-corrected chi connectivity index (χ4v) is 5.21. The van der Waals surface area contributed by atoms with Gasteiger partial charge >= 0.3 is 6.03 Å². The average molecular weight is 557 g/mol. The quantitative estimate of drug-likeness (QED) is 0.441. The third-order valence-electron chi connectivity index (χ3n) is 7.63. The van der Waals surface area contributed by atoms with Crippen LogP contribution >= 0.6 is 0 Å². The monoisotopic (exact) mass is 556 g/mol. The summed E-state index contributed by atoms with van der Waals surface area (Å²) in [6.07, 6.45) is 6.42. The molecule has 1 aromatic heterocycles. The van der Waals surface area contributed by atoms with Crippen molar-refractivity contribution in [2.75, 3.05) is 32.1 Å². The number of aliphatic hydroxyl groups is 1. The Morgan fingerprint density at radius 3 is 2.73 bits per heavy atom. The fourth-order valence-electron chi connectivity index (χ4n) is 5.21. The lowest BCUT2D eigenvalue weighted by Gasteiger charge is -2.34. The highest BCUT2D eigenvalue weighted by atomic mass is 16.5. The zero-order valence-corrected chi connectivity index (χ0v) is 23.5. The van der Waals surface area contributed by atoms with E-state index >= 15 is 0 Å². The Balaban J connectivity index is 1.53. The first-order valence-electron chi connectivity index (χ1n) is 14.0. The molecule has 2 aromatic rings. The highest BCUT2D eigenvalue weighted by Gasteiger charge is 2.32. The molecule has 40 heavy (non-hydrogen) atoms. The van der Waals surface area contributed by atoms with Gasteiger partial charge in [-0.3, -0.25) is 9.59 Å². The number of carbonyl (C=O) groups is 3. The SMILES string of the molecule is C[C@H](CO)N1C[C@H](C)[C@H](CN(C)C(=O)NC2CCCCC2)Oc2ccc(NC(=O)Cn3cnnn3)cc2CC1=O. The number of likely N-dealkylation sites (N-methyl/N-ethyl adjacent to an activating group) is 1. The summed E-state index contributed by atoms with van der Waals surface area (Å²) in [5.41, 5.74) is 1.11. The number of benzene rings is 1. The first kappa shape index (κ1) is 29.2. The standard InChI is InChI=1S/C27H40N8O5/c1-18-13-35(19(2)16-36)26(38)12-20-11-22(29-25(37)15-34-17-28-31-32-34)9-10-23(20)40-24(18)14-33(3)27(39)30-21-7-5-4-6-8-21/h9-11,17-19,21,24,36H,4-8,12-16H2,1-3H3,(H,29,37)(H,30,39)/t18-,19+,24-/m0/s1. The predicted molar refractivity (Wildman–Crippen MR) is 146 cm³/mol.